The van der Waals surface area contributed by atoms with Crippen LogP contribution >= 0.6 is 23.5 Å². The Morgan fingerprint density at radius 3 is 1.57 bits per heavy atom. The van der Waals surface area contributed by atoms with Gasteiger partial charge in [-0.3, -0.25) is 4.79 Å². The van der Waals surface area contributed by atoms with Crippen LogP contribution < -0.4 is 38.7 Å². The van der Waals surface area contributed by atoms with E-state index in [1.165, 1.54) is 81.2 Å². The van der Waals surface area contributed by atoms with Gasteiger partial charge < -0.3 is 34.7 Å². The van der Waals surface area contributed by atoms with E-state index in [-0.39, 0.29) is 30.8 Å². The predicted molar refractivity (Wildman–Crippen MR) is 197 cm³/mol. The fourth-order valence-corrected chi connectivity index (χ4v) is 9.77. The molecule has 0 saturated carbocycles. The number of aryl methyl sites for hydroxylation is 2. The summed E-state index contributed by atoms with van der Waals surface area (Å²) < 4.78 is 9.81. The molecule has 0 aliphatic carbocycles. The lowest BCUT2D eigenvalue weighted by atomic mass is 9.98. The number of rotatable bonds is 1. The molecule has 4 heterocycles. The topological polar surface area (TPSA) is 54.3 Å². The summed E-state index contributed by atoms with van der Waals surface area (Å²) in [5, 5.41) is 15.0. The number of aromatic nitrogens is 2. The van der Waals surface area contributed by atoms with E-state index in [2.05, 4.69) is 108 Å². The zero-order valence-corrected chi connectivity index (χ0v) is 30.9. The van der Waals surface area contributed by atoms with Gasteiger partial charge in [0.2, 0.25) is 22.1 Å². The highest BCUT2D eigenvalue weighted by molar-refractivity contribution is 8.00. The number of phenolic OH excluding ortho intramolecular Hbond substituents is 1. The number of pyridine rings is 2. The Morgan fingerprint density at radius 1 is 0.569 bits per heavy atom. The van der Waals surface area contributed by atoms with Gasteiger partial charge in [0.05, 0.1) is 21.5 Å². The smallest absolute Gasteiger partial charge is 0.308 e. The summed E-state index contributed by atoms with van der Waals surface area (Å²) in [5.41, 5.74) is 9.49. The third-order valence-electron chi connectivity index (χ3n) is 9.46. The maximum Gasteiger partial charge on any atom is 0.308 e. The van der Waals surface area contributed by atoms with Crippen LogP contribution in [0.1, 0.15) is 6.92 Å². The zero-order valence-electron chi connectivity index (χ0n) is 27.8. The van der Waals surface area contributed by atoms with Gasteiger partial charge in [-0.2, -0.15) is 9.13 Å². The summed E-state index contributed by atoms with van der Waals surface area (Å²) in [6.07, 6.45) is 0. The highest BCUT2D eigenvalue weighted by atomic mass is 35.5. The highest BCUT2D eigenvalue weighted by Gasteiger charge is 2.28. The number of nitrogens with zero attached hydrogens (tertiary/aromatic N) is 2. The van der Waals surface area contributed by atoms with Crippen molar-refractivity contribution in [1.29, 1.82) is 0 Å². The fraction of sp³-hybridized carbons (Fsp3) is 0.0714. The highest BCUT2D eigenvalue weighted by Crippen LogP contribution is 2.51. The van der Waals surface area contributed by atoms with Crippen LogP contribution in [0.4, 0.5) is 0 Å². The van der Waals surface area contributed by atoms with E-state index in [0.717, 1.165) is 11.1 Å². The van der Waals surface area contributed by atoms with E-state index in [1.807, 2.05) is 30.3 Å². The number of benzene rings is 6. The summed E-state index contributed by atoms with van der Waals surface area (Å²) in [7, 11) is 4.23. The maximum absolute atomic E-state index is 11.3. The van der Waals surface area contributed by atoms with E-state index in [9.17, 15) is 9.90 Å². The Morgan fingerprint density at radius 2 is 1.04 bits per heavy atom. The number of carbonyl (C=O) groups excluding carboxylic acids is 1. The van der Waals surface area contributed by atoms with Gasteiger partial charge in [0.25, 0.3) is 0 Å². The van der Waals surface area contributed by atoms with Crippen LogP contribution in [-0.2, 0) is 18.9 Å². The third kappa shape index (κ3) is 5.56. The molecule has 2 aromatic heterocycles. The summed E-state index contributed by atoms with van der Waals surface area (Å²) >= 11 is 3.58. The van der Waals surface area contributed by atoms with Crippen molar-refractivity contribution in [1.82, 2.24) is 0 Å². The van der Waals surface area contributed by atoms with Crippen LogP contribution in [0.15, 0.2) is 141 Å². The van der Waals surface area contributed by atoms with E-state index in [0.29, 0.717) is 11.5 Å². The molecule has 0 atom stereocenters. The lowest BCUT2D eigenvalue weighted by Gasteiger charge is -2.21. The molecule has 252 valence electrons. The molecule has 2 aliphatic heterocycles. The average molecular weight is 746 g/mol. The molecule has 0 unspecified atom stereocenters. The Bertz CT molecular complexity index is 2730. The van der Waals surface area contributed by atoms with Crippen molar-refractivity contribution in [2.45, 2.75) is 26.5 Å². The molecule has 0 amide bonds. The number of ether oxygens (including phenoxy) is 1. The molecule has 0 bridgehead atoms. The maximum atomic E-state index is 11.3. The number of fused-ring (bicyclic) bond motifs is 8. The van der Waals surface area contributed by atoms with Crippen molar-refractivity contribution in [3.63, 3.8) is 0 Å². The van der Waals surface area contributed by atoms with E-state index in [4.69, 9.17) is 4.74 Å². The van der Waals surface area contributed by atoms with Crippen molar-refractivity contribution < 1.29 is 48.6 Å². The molecule has 51 heavy (non-hydrogen) atoms. The molecule has 0 spiro atoms. The molecule has 9 heteroatoms. The van der Waals surface area contributed by atoms with Gasteiger partial charge in [0.15, 0.2) is 0 Å². The lowest BCUT2D eigenvalue weighted by molar-refractivity contribution is -0.618. The largest absolute Gasteiger partial charge is 1.00 e. The molecular weight excluding hydrogens is 716 g/mol. The monoisotopic (exact) mass is 744 g/mol. The molecule has 0 radical (unpaired) electrons. The number of para-hydroxylation sites is 2. The van der Waals surface area contributed by atoms with Crippen molar-refractivity contribution in [2.24, 2.45) is 14.1 Å². The first-order chi connectivity index (χ1) is 23.9. The Balaban J connectivity index is 0.000000154. The number of phenols is 1. The van der Waals surface area contributed by atoms with Crippen LogP contribution in [0.3, 0.4) is 0 Å². The second-order valence-electron chi connectivity index (χ2n) is 12.3. The number of halogens is 2. The summed E-state index contributed by atoms with van der Waals surface area (Å²) in [5.74, 6) is 0.599. The standard InChI is InChI=1S/C22H16NO2S.C20H13NOS.2ClH/c1-13(24)25-14-10-11-20-17(12-14)15-7-5-9-19-21(15)22(26-20)16-6-3-4-8-18(16)23(19)2;1-21-16-7-3-2-5-14(16)20-19-13(6-4-8-17(19)21)15-11-12(22)9-10-18(15)23-20;;/h3-12H,1-2H3;2-11H,1H3;2*1H/q+1;;;/p-1. The predicted octanol–water partition coefficient (Wildman–Crippen LogP) is 3.54. The molecule has 1 N–H and O–H groups in total. The first-order valence-corrected chi connectivity index (χ1v) is 17.7. The van der Waals surface area contributed by atoms with Gasteiger partial charge in [0, 0.05) is 61.9 Å². The minimum absolute atomic E-state index is 0. The summed E-state index contributed by atoms with van der Waals surface area (Å²) in [6, 6.07) is 41.4. The second kappa shape index (κ2) is 13.4. The fourth-order valence-electron chi connectivity index (χ4n) is 7.30. The van der Waals surface area contributed by atoms with Crippen molar-refractivity contribution in [3.05, 3.63) is 121 Å². The normalized spacial score (nSPS) is 11.9. The van der Waals surface area contributed by atoms with E-state index < -0.39 is 0 Å². The van der Waals surface area contributed by atoms with Crippen LogP contribution in [0, 0.1) is 0 Å². The number of hydrogen-bond acceptors (Lipinski definition) is 5. The molecule has 8 aromatic rings. The first kappa shape index (κ1) is 34.6. The number of aromatic hydroxyl groups is 1. The van der Waals surface area contributed by atoms with Crippen LogP contribution in [0.2, 0.25) is 0 Å². The Labute approximate surface area is 315 Å². The quantitative estimate of drug-likeness (QED) is 0.121. The van der Waals surface area contributed by atoms with Crippen molar-refractivity contribution >= 4 is 73.1 Å². The van der Waals surface area contributed by atoms with Gasteiger partial charge in [-0.25, -0.2) is 0 Å². The minimum Gasteiger partial charge on any atom is -1.00 e. The van der Waals surface area contributed by atoms with Gasteiger partial charge >= 0.3 is 5.97 Å². The van der Waals surface area contributed by atoms with E-state index in [1.54, 1.807) is 29.6 Å². The Hall–Kier alpha value is -4.79. The molecule has 10 rings (SSSR count). The van der Waals surface area contributed by atoms with Crippen LogP contribution in [0.5, 0.6) is 11.5 Å². The summed E-state index contributed by atoms with van der Waals surface area (Å²) in [6.45, 7) is 1.43. The second-order valence-corrected chi connectivity index (χ2v) is 14.5. The van der Waals surface area contributed by atoms with Gasteiger partial charge in [-0.05, 0) is 59.7 Å². The Kier molecular flexibility index (Phi) is 9.10. The molecule has 5 nitrogen and oxygen atoms in total. The summed E-state index contributed by atoms with van der Waals surface area (Å²) in [4.78, 5) is 16.3. The van der Waals surface area contributed by atoms with Crippen molar-refractivity contribution in [3.8, 4) is 33.8 Å². The van der Waals surface area contributed by atoms with Crippen LogP contribution in [0.25, 0.3) is 65.9 Å². The van der Waals surface area contributed by atoms with Crippen LogP contribution in [-0.4, -0.2) is 11.1 Å². The molecule has 0 saturated heterocycles. The van der Waals surface area contributed by atoms with Gasteiger partial charge in [-0.15, -0.1) is 0 Å². The van der Waals surface area contributed by atoms with E-state index >= 15 is 0 Å². The van der Waals surface area contributed by atoms with Gasteiger partial charge in [-0.1, -0.05) is 72.1 Å². The van der Waals surface area contributed by atoms with Gasteiger partial charge in [0.1, 0.15) is 25.6 Å². The zero-order chi connectivity index (χ0) is 33.4. The molecule has 0 fully saturated rings. The molecular formula is C42H30Cl2N2O3S2. The molecule has 6 aromatic carbocycles. The number of esters is 1. The number of carbonyl (C=O) groups is 1. The SMILES string of the molecule is CC(=O)Oc1ccc2c(c1)-c1cccc3c1c(c1ccccc1[n+]3C)S2.C[n+]1c2ccccc2c2c3c(cccc31)-c1cc(O)ccc1S2.[Cl-].[Cl-]. The lowest BCUT2D eigenvalue weighted by Crippen LogP contribution is -3.00. The average Bonchev–Trinajstić information content (AvgIpc) is 3.12. The minimum atomic E-state index is -0.301. The first-order valence-electron chi connectivity index (χ1n) is 16.1. The van der Waals surface area contributed by atoms with Crippen molar-refractivity contribution in [2.75, 3.05) is 0 Å². The number of hydrogen-bond donors (Lipinski definition) is 1. The third-order valence-corrected chi connectivity index (χ3v) is 11.9. The molecule has 2 aliphatic rings.